The number of hydrogen-bond donors (Lipinski definition) is 2. The Morgan fingerprint density at radius 2 is 1.69 bits per heavy atom. The minimum atomic E-state index is -0.921. The SMILES string of the molecule is COCC(NC(=O)c1cc(COc2cc(C)ccc2Cl)ccc1CCC(=O)O)c1cc(C)cc(C)c1. The molecule has 3 aromatic rings. The van der Waals surface area contributed by atoms with Crippen LogP contribution in [0.25, 0.3) is 0 Å². The number of rotatable bonds is 11. The molecule has 7 heteroatoms. The van der Waals surface area contributed by atoms with Gasteiger partial charge in [0.05, 0.1) is 17.7 Å². The molecule has 190 valence electrons. The predicted molar refractivity (Wildman–Crippen MR) is 141 cm³/mol. The lowest BCUT2D eigenvalue weighted by atomic mass is 9.98. The smallest absolute Gasteiger partial charge is 0.303 e. The Balaban J connectivity index is 1.88. The average Bonchev–Trinajstić information content (AvgIpc) is 2.82. The van der Waals surface area contributed by atoms with Crippen LogP contribution in [0, 0.1) is 20.8 Å². The van der Waals surface area contributed by atoms with Crippen molar-refractivity contribution in [2.75, 3.05) is 13.7 Å². The molecule has 0 saturated heterocycles. The molecule has 0 aliphatic heterocycles. The lowest BCUT2D eigenvalue weighted by molar-refractivity contribution is -0.136. The van der Waals surface area contributed by atoms with Crippen molar-refractivity contribution in [1.82, 2.24) is 5.32 Å². The Labute approximate surface area is 217 Å². The quantitative estimate of drug-likeness (QED) is 0.332. The molecule has 0 aromatic heterocycles. The summed E-state index contributed by atoms with van der Waals surface area (Å²) in [6, 6.07) is 16.7. The fourth-order valence-corrected chi connectivity index (χ4v) is 4.27. The van der Waals surface area contributed by atoms with E-state index in [1.54, 1.807) is 25.3 Å². The van der Waals surface area contributed by atoms with Crippen molar-refractivity contribution >= 4 is 23.5 Å². The second-order valence-corrected chi connectivity index (χ2v) is 9.42. The molecule has 0 heterocycles. The van der Waals surface area contributed by atoms with Crippen molar-refractivity contribution < 1.29 is 24.2 Å². The van der Waals surface area contributed by atoms with Crippen LogP contribution in [0.15, 0.2) is 54.6 Å². The zero-order valence-electron chi connectivity index (χ0n) is 21.1. The molecule has 0 bridgehead atoms. The Bertz CT molecular complexity index is 1220. The average molecular weight is 510 g/mol. The molecule has 1 amide bonds. The number of carbonyl (C=O) groups is 2. The van der Waals surface area contributed by atoms with E-state index in [-0.39, 0.29) is 31.4 Å². The standard InChI is InChI=1S/C29H32ClNO5/c1-18-5-9-25(30)27(14-18)36-16-21-6-7-22(8-10-28(32)33)24(15-21)29(34)31-26(17-35-4)23-12-19(2)11-20(3)13-23/h5-7,9,11-15,26H,8,10,16-17H2,1-4H3,(H,31,34)(H,32,33). The maximum atomic E-state index is 13.5. The Hall–Kier alpha value is -3.35. The van der Waals surface area contributed by atoms with Crippen molar-refractivity contribution in [2.45, 2.75) is 46.3 Å². The second-order valence-electron chi connectivity index (χ2n) is 9.01. The van der Waals surface area contributed by atoms with Gasteiger partial charge in [0.2, 0.25) is 0 Å². The number of aliphatic carboxylic acids is 1. The third-order valence-electron chi connectivity index (χ3n) is 5.79. The van der Waals surface area contributed by atoms with Gasteiger partial charge in [0.25, 0.3) is 5.91 Å². The predicted octanol–water partition coefficient (Wildman–Crippen LogP) is 5.98. The minimum Gasteiger partial charge on any atom is -0.487 e. The van der Waals surface area contributed by atoms with E-state index in [0.717, 1.165) is 27.8 Å². The summed E-state index contributed by atoms with van der Waals surface area (Å²) in [7, 11) is 1.59. The van der Waals surface area contributed by atoms with Gasteiger partial charge in [0.1, 0.15) is 12.4 Å². The van der Waals surface area contributed by atoms with Crippen molar-refractivity contribution in [3.63, 3.8) is 0 Å². The number of aryl methyl sites for hydroxylation is 4. The first-order valence-corrected chi connectivity index (χ1v) is 12.1. The number of benzene rings is 3. The summed E-state index contributed by atoms with van der Waals surface area (Å²) in [5, 5.41) is 12.8. The van der Waals surface area contributed by atoms with Crippen molar-refractivity contribution in [2.24, 2.45) is 0 Å². The van der Waals surface area contributed by atoms with Crippen molar-refractivity contribution in [3.05, 3.63) is 98.6 Å². The summed E-state index contributed by atoms with van der Waals surface area (Å²) in [4.78, 5) is 24.7. The highest BCUT2D eigenvalue weighted by molar-refractivity contribution is 6.32. The van der Waals surface area contributed by atoms with Gasteiger partial charge in [-0.1, -0.05) is 59.1 Å². The van der Waals surface area contributed by atoms with E-state index in [2.05, 4.69) is 11.4 Å². The number of hydrogen-bond acceptors (Lipinski definition) is 4. The highest BCUT2D eigenvalue weighted by atomic mass is 35.5. The van der Waals surface area contributed by atoms with Gasteiger partial charge in [0, 0.05) is 19.1 Å². The van der Waals surface area contributed by atoms with Gasteiger partial charge >= 0.3 is 5.97 Å². The number of halogens is 1. The molecule has 1 unspecified atom stereocenters. The van der Waals surface area contributed by atoms with Gasteiger partial charge in [0.15, 0.2) is 0 Å². The lowest BCUT2D eigenvalue weighted by Crippen LogP contribution is -2.32. The van der Waals surface area contributed by atoms with Crippen LogP contribution >= 0.6 is 11.6 Å². The molecule has 0 aliphatic carbocycles. The Morgan fingerprint density at radius 3 is 2.36 bits per heavy atom. The van der Waals surface area contributed by atoms with E-state index < -0.39 is 5.97 Å². The number of nitrogens with one attached hydrogen (secondary N) is 1. The molecular formula is C29H32ClNO5. The van der Waals surface area contributed by atoms with Crippen LogP contribution in [0.4, 0.5) is 0 Å². The number of carbonyl (C=O) groups excluding carboxylic acids is 1. The van der Waals surface area contributed by atoms with Crippen LogP contribution < -0.4 is 10.1 Å². The fraction of sp³-hybridized carbons (Fsp3) is 0.310. The summed E-state index contributed by atoms with van der Waals surface area (Å²) in [5.74, 6) is -0.657. The van der Waals surface area contributed by atoms with E-state index >= 15 is 0 Å². The molecule has 36 heavy (non-hydrogen) atoms. The molecule has 0 aliphatic rings. The van der Waals surface area contributed by atoms with Gasteiger partial charge in [-0.15, -0.1) is 0 Å². The first-order chi connectivity index (χ1) is 17.2. The van der Waals surface area contributed by atoms with E-state index in [1.807, 2.05) is 51.1 Å². The van der Waals surface area contributed by atoms with Gasteiger partial charge in [-0.05, 0) is 67.6 Å². The zero-order valence-corrected chi connectivity index (χ0v) is 21.8. The molecule has 0 radical (unpaired) electrons. The number of amides is 1. The van der Waals surface area contributed by atoms with E-state index in [1.165, 1.54) is 0 Å². The Morgan fingerprint density at radius 1 is 0.972 bits per heavy atom. The number of ether oxygens (including phenoxy) is 2. The third-order valence-corrected chi connectivity index (χ3v) is 6.11. The highest BCUT2D eigenvalue weighted by Crippen LogP contribution is 2.27. The molecule has 0 saturated carbocycles. The maximum Gasteiger partial charge on any atom is 0.303 e. The summed E-state index contributed by atoms with van der Waals surface area (Å²) in [6.45, 7) is 6.48. The normalized spacial score (nSPS) is 11.7. The van der Waals surface area contributed by atoms with Crippen molar-refractivity contribution in [1.29, 1.82) is 0 Å². The molecule has 0 spiro atoms. The number of methoxy groups -OCH3 is 1. The molecule has 0 fully saturated rings. The summed E-state index contributed by atoms with van der Waals surface area (Å²) in [6.07, 6.45) is 0.162. The highest BCUT2D eigenvalue weighted by Gasteiger charge is 2.20. The maximum absolute atomic E-state index is 13.5. The Kier molecular flexibility index (Phi) is 9.51. The molecular weight excluding hydrogens is 478 g/mol. The minimum absolute atomic E-state index is 0.0758. The number of carboxylic acids is 1. The van der Waals surface area contributed by atoms with Crippen molar-refractivity contribution in [3.8, 4) is 5.75 Å². The van der Waals surface area contributed by atoms with Crippen LogP contribution in [0.1, 0.15) is 56.2 Å². The fourth-order valence-electron chi connectivity index (χ4n) is 4.10. The molecule has 2 N–H and O–H groups in total. The first kappa shape index (κ1) is 27.2. The van der Waals surface area contributed by atoms with Crippen LogP contribution in [0.2, 0.25) is 5.02 Å². The molecule has 3 rings (SSSR count). The molecule has 6 nitrogen and oxygen atoms in total. The largest absolute Gasteiger partial charge is 0.487 e. The molecule has 1 atom stereocenters. The third kappa shape index (κ3) is 7.57. The van der Waals surface area contributed by atoms with Crippen LogP contribution in [-0.4, -0.2) is 30.7 Å². The van der Waals surface area contributed by atoms with Gasteiger partial charge < -0.3 is 19.9 Å². The summed E-state index contributed by atoms with van der Waals surface area (Å²) < 4.78 is 11.3. The second kappa shape index (κ2) is 12.6. The van der Waals surface area contributed by atoms with E-state index in [4.69, 9.17) is 21.1 Å². The van der Waals surface area contributed by atoms with Gasteiger partial charge in [-0.2, -0.15) is 0 Å². The summed E-state index contributed by atoms with van der Waals surface area (Å²) >= 11 is 6.25. The number of carboxylic acid groups (broad SMARTS) is 1. The van der Waals surface area contributed by atoms with Gasteiger partial charge in [-0.3, -0.25) is 9.59 Å². The van der Waals surface area contributed by atoms with E-state index in [9.17, 15) is 14.7 Å². The molecule has 3 aromatic carbocycles. The van der Waals surface area contributed by atoms with Crippen LogP contribution in [0.5, 0.6) is 5.75 Å². The zero-order chi connectivity index (χ0) is 26.2. The monoisotopic (exact) mass is 509 g/mol. The lowest BCUT2D eigenvalue weighted by Gasteiger charge is -2.21. The van der Waals surface area contributed by atoms with Crippen LogP contribution in [-0.2, 0) is 22.6 Å². The topological polar surface area (TPSA) is 84.9 Å². The first-order valence-electron chi connectivity index (χ1n) is 11.8. The van der Waals surface area contributed by atoms with Gasteiger partial charge in [-0.25, -0.2) is 0 Å². The summed E-state index contributed by atoms with van der Waals surface area (Å²) in [5.41, 5.74) is 6.00. The van der Waals surface area contributed by atoms with E-state index in [0.29, 0.717) is 28.5 Å². The van der Waals surface area contributed by atoms with Crippen LogP contribution in [0.3, 0.4) is 0 Å².